The maximum absolute atomic E-state index is 11.4. The average Bonchev–Trinajstić information content (AvgIpc) is 2.51. The van der Waals surface area contributed by atoms with Crippen LogP contribution in [0.15, 0.2) is 18.2 Å². The minimum Gasteiger partial charge on any atom is -0.497 e. The summed E-state index contributed by atoms with van der Waals surface area (Å²) < 4.78 is 5.21. The van der Waals surface area contributed by atoms with Crippen LogP contribution in [0.5, 0.6) is 5.75 Å². The van der Waals surface area contributed by atoms with Crippen molar-refractivity contribution in [3.63, 3.8) is 0 Å². The first kappa shape index (κ1) is 8.77. The molecule has 1 saturated heterocycles. The molecule has 1 fully saturated rings. The standard InChI is InChI=1S/C12H13NO2/c1-15-8-2-3-9-10(6-8)7-4-11(9)13-12(14)5-7/h2-3,6-7,11H,4-5H2,1H3,(H,13,14). The Balaban J connectivity index is 2.08. The summed E-state index contributed by atoms with van der Waals surface area (Å²) in [6.07, 6.45) is 1.67. The summed E-state index contributed by atoms with van der Waals surface area (Å²) in [4.78, 5) is 11.4. The number of carbonyl (C=O) groups excluding carboxylic acids is 1. The molecule has 15 heavy (non-hydrogen) atoms. The van der Waals surface area contributed by atoms with Crippen molar-refractivity contribution < 1.29 is 9.53 Å². The van der Waals surface area contributed by atoms with E-state index in [-0.39, 0.29) is 11.9 Å². The van der Waals surface area contributed by atoms with E-state index in [1.165, 1.54) is 11.1 Å². The van der Waals surface area contributed by atoms with Gasteiger partial charge >= 0.3 is 0 Å². The molecule has 1 N–H and O–H groups in total. The lowest BCUT2D eigenvalue weighted by molar-refractivity contribution is -0.123. The SMILES string of the molecule is COc1ccc2c(c1)C1CC(=O)NC2C1. The number of hydrogen-bond acceptors (Lipinski definition) is 2. The normalized spacial score (nSPS) is 27.1. The zero-order chi connectivity index (χ0) is 10.4. The molecule has 0 aromatic heterocycles. The zero-order valence-corrected chi connectivity index (χ0v) is 8.62. The van der Waals surface area contributed by atoms with E-state index in [0.29, 0.717) is 12.3 Å². The third-order valence-electron chi connectivity index (χ3n) is 3.40. The van der Waals surface area contributed by atoms with Gasteiger partial charge in [-0.25, -0.2) is 0 Å². The van der Waals surface area contributed by atoms with E-state index in [2.05, 4.69) is 17.4 Å². The van der Waals surface area contributed by atoms with Gasteiger partial charge in [0.25, 0.3) is 0 Å². The third-order valence-corrected chi connectivity index (χ3v) is 3.40. The molecule has 1 amide bonds. The van der Waals surface area contributed by atoms with Crippen molar-refractivity contribution in [3.8, 4) is 5.75 Å². The van der Waals surface area contributed by atoms with Crippen LogP contribution in [-0.4, -0.2) is 13.0 Å². The van der Waals surface area contributed by atoms with Crippen molar-refractivity contribution in [1.29, 1.82) is 0 Å². The van der Waals surface area contributed by atoms with Crippen LogP contribution >= 0.6 is 0 Å². The summed E-state index contributed by atoms with van der Waals surface area (Å²) >= 11 is 0. The second-order valence-corrected chi connectivity index (χ2v) is 4.25. The van der Waals surface area contributed by atoms with E-state index in [9.17, 15) is 4.79 Å². The van der Waals surface area contributed by atoms with Crippen molar-refractivity contribution in [1.82, 2.24) is 5.32 Å². The first-order valence-electron chi connectivity index (χ1n) is 5.25. The average molecular weight is 203 g/mol. The Morgan fingerprint density at radius 3 is 3.07 bits per heavy atom. The minimum absolute atomic E-state index is 0.173. The van der Waals surface area contributed by atoms with Gasteiger partial charge in [-0.3, -0.25) is 4.79 Å². The van der Waals surface area contributed by atoms with Gasteiger partial charge in [-0.1, -0.05) is 6.07 Å². The molecule has 2 unspecified atom stereocenters. The molecular formula is C12H13NO2. The summed E-state index contributed by atoms with van der Waals surface area (Å²) in [5.41, 5.74) is 2.56. The Hall–Kier alpha value is -1.51. The third kappa shape index (κ3) is 1.23. The lowest BCUT2D eigenvalue weighted by atomic mass is 9.96. The fourth-order valence-corrected chi connectivity index (χ4v) is 2.70. The Morgan fingerprint density at radius 1 is 1.40 bits per heavy atom. The van der Waals surface area contributed by atoms with Gasteiger partial charge in [0.1, 0.15) is 5.75 Å². The van der Waals surface area contributed by atoms with Crippen LogP contribution in [0.25, 0.3) is 0 Å². The van der Waals surface area contributed by atoms with E-state index < -0.39 is 0 Å². The zero-order valence-electron chi connectivity index (χ0n) is 8.62. The lowest BCUT2D eigenvalue weighted by Crippen LogP contribution is -2.31. The lowest BCUT2D eigenvalue weighted by Gasteiger charge is -2.19. The Kier molecular flexibility index (Phi) is 1.75. The molecule has 0 radical (unpaired) electrons. The molecule has 3 heteroatoms. The molecule has 2 aliphatic rings. The molecule has 1 aliphatic carbocycles. The van der Waals surface area contributed by atoms with Crippen molar-refractivity contribution in [2.24, 2.45) is 0 Å². The van der Waals surface area contributed by atoms with Crippen LogP contribution in [0.3, 0.4) is 0 Å². The van der Waals surface area contributed by atoms with Gasteiger partial charge in [-0.2, -0.15) is 0 Å². The van der Waals surface area contributed by atoms with Crippen LogP contribution in [0.2, 0.25) is 0 Å². The molecule has 0 saturated carbocycles. The van der Waals surface area contributed by atoms with Crippen LogP contribution < -0.4 is 10.1 Å². The molecule has 3 nitrogen and oxygen atoms in total. The van der Waals surface area contributed by atoms with Gasteiger partial charge < -0.3 is 10.1 Å². The largest absolute Gasteiger partial charge is 0.497 e. The number of benzene rings is 1. The highest BCUT2D eigenvalue weighted by atomic mass is 16.5. The van der Waals surface area contributed by atoms with Crippen molar-refractivity contribution in [2.45, 2.75) is 24.8 Å². The summed E-state index contributed by atoms with van der Waals surface area (Å²) in [7, 11) is 1.67. The fraction of sp³-hybridized carbons (Fsp3) is 0.417. The fourth-order valence-electron chi connectivity index (χ4n) is 2.70. The number of carbonyl (C=O) groups is 1. The Bertz CT molecular complexity index is 428. The number of ether oxygens (including phenoxy) is 1. The van der Waals surface area contributed by atoms with Crippen molar-refractivity contribution >= 4 is 5.91 Å². The molecule has 1 aliphatic heterocycles. The summed E-state index contributed by atoms with van der Waals surface area (Å²) in [6, 6.07) is 6.34. The second kappa shape index (κ2) is 2.99. The predicted molar refractivity (Wildman–Crippen MR) is 55.9 cm³/mol. The van der Waals surface area contributed by atoms with Gasteiger partial charge in [0, 0.05) is 6.42 Å². The smallest absolute Gasteiger partial charge is 0.221 e. The first-order chi connectivity index (χ1) is 7.28. The molecule has 1 aromatic carbocycles. The molecular weight excluding hydrogens is 190 g/mol. The van der Waals surface area contributed by atoms with E-state index in [1.807, 2.05) is 6.07 Å². The van der Waals surface area contributed by atoms with Crippen LogP contribution in [0.1, 0.15) is 35.9 Å². The van der Waals surface area contributed by atoms with E-state index in [1.54, 1.807) is 7.11 Å². The van der Waals surface area contributed by atoms with E-state index in [4.69, 9.17) is 4.74 Å². The second-order valence-electron chi connectivity index (χ2n) is 4.25. The number of hydrogen-bond donors (Lipinski definition) is 1. The molecule has 0 spiro atoms. The number of rotatable bonds is 1. The monoisotopic (exact) mass is 203 g/mol. The van der Waals surface area contributed by atoms with Crippen LogP contribution in [-0.2, 0) is 4.79 Å². The predicted octanol–water partition coefficient (Wildman–Crippen LogP) is 1.74. The van der Waals surface area contributed by atoms with Crippen molar-refractivity contribution in [3.05, 3.63) is 29.3 Å². The first-order valence-corrected chi connectivity index (χ1v) is 5.25. The summed E-state index contributed by atoms with van der Waals surface area (Å²) in [6.45, 7) is 0. The summed E-state index contributed by atoms with van der Waals surface area (Å²) in [5.74, 6) is 1.45. The van der Waals surface area contributed by atoms with E-state index in [0.717, 1.165) is 12.2 Å². The molecule has 3 rings (SSSR count). The number of amides is 1. The number of nitrogens with one attached hydrogen (secondary N) is 1. The molecule has 2 bridgehead atoms. The molecule has 78 valence electrons. The molecule has 1 heterocycles. The van der Waals surface area contributed by atoms with E-state index >= 15 is 0 Å². The number of fused-ring (bicyclic) bond motifs is 5. The minimum atomic E-state index is 0.173. The topological polar surface area (TPSA) is 38.3 Å². The van der Waals surface area contributed by atoms with Gasteiger partial charge in [-0.15, -0.1) is 0 Å². The number of piperidine rings is 1. The molecule has 1 aromatic rings. The van der Waals surface area contributed by atoms with Crippen LogP contribution in [0, 0.1) is 0 Å². The highest BCUT2D eigenvalue weighted by Crippen LogP contribution is 2.46. The highest BCUT2D eigenvalue weighted by molar-refractivity contribution is 5.80. The van der Waals surface area contributed by atoms with Gasteiger partial charge in [0.2, 0.25) is 5.91 Å². The van der Waals surface area contributed by atoms with Crippen molar-refractivity contribution in [2.75, 3.05) is 7.11 Å². The van der Waals surface area contributed by atoms with Crippen LogP contribution in [0.4, 0.5) is 0 Å². The molecule has 2 atom stereocenters. The maximum Gasteiger partial charge on any atom is 0.221 e. The Morgan fingerprint density at radius 2 is 2.27 bits per heavy atom. The Labute approximate surface area is 88.4 Å². The summed E-state index contributed by atoms with van der Waals surface area (Å²) in [5, 5.41) is 3.02. The number of methoxy groups -OCH3 is 1. The maximum atomic E-state index is 11.4. The van der Waals surface area contributed by atoms with Gasteiger partial charge in [-0.05, 0) is 35.6 Å². The van der Waals surface area contributed by atoms with Gasteiger partial charge in [0.05, 0.1) is 13.2 Å². The van der Waals surface area contributed by atoms with Gasteiger partial charge in [0.15, 0.2) is 0 Å². The quantitative estimate of drug-likeness (QED) is 0.755. The highest BCUT2D eigenvalue weighted by Gasteiger charge is 2.37.